The highest BCUT2D eigenvalue weighted by atomic mass is 19.1. The summed E-state index contributed by atoms with van der Waals surface area (Å²) in [6, 6.07) is 14.0. The normalized spacial score (nSPS) is 14.3. The molecule has 27 heavy (non-hydrogen) atoms. The summed E-state index contributed by atoms with van der Waals surface area (Å²) in [5.74, 6) is -1.71. The predicted octanol–water partition coefficient (Wildman–Crippen LogP) is 3.35. The quantitative estimate of drug-likeness (QED) is 0.572. The maximum Gasteiger partial charge on any atom is 0.307 e. The molecule has 0 unspecified atom stereocenters. The number of Topliss-reactive ketones (excluding diaryl/α,β-unsaturated/α-hetero) is 1. The van der Waals surface area contributed by atoms with Gasteiger partial charge in [0.1, 0.15) is 5.82 Å². The largest absolute Gasteiger partial charge is 0.447 e. The van der Waals surface area contributed by atoms with E-state index < -0.39 is 17.9 Å². The Labute approximate surface area is 156 Å². The summed E-state index contributed by atoms with van der Waals surface area (Å²) in [5, 5.41) is 2.84. The highest BCUT2D eigenvalue weighted by molar-refractivity contribution is 5.97. The van der Waals surface area contributed by atoms with Crippen LogP contribution >= 0.6 is 0 Å². The fraction of sp³-hybridized carbons (Fsp3) is 0.286. The first-order valence-corrected chi connectivity index (χ1v) is 8.86. The van der Waals surface area contributed by atoms with E-state index in [2.05, 4.69) is 5.32 Å². The number of rotatable bonds is 8. The van der Waals surface area contributed by atoms with Gasteiger partial charge in [-0.1, -0.05) is 30.3 Å². The first-order valence-electron chi connectivity index (χ1n) is 8.86. The van der Waals surface area contributed by atoms with E-state index in [1.165, 1.54) is 24.3 Å². The zero-order valence-corrected chi connectivity index (χ0v) is 14.7. The molecule has 0 aliphatic heterocycles. The summed E-state index contributed by atoms with van der Waals surface area (Å²) in [4.78, 5) is 36.7. The van der Waals surface area contributed by atoms with Gasteiger partial charge < -0.3 is 10.1 Å². The Balaban J connectivity index is 1.59. The Hall–Kier alpha value is -3.02. The lowest BCUT2D eigenvalue weighted by molar-refractivity contribution is -0.156. The smallest absolute Gasteiger partial charge is 0.307 e. The van der Waals surface area contributed by atoms with Crippen molar-refractivity contribution >= 4 is 17.7 Å². The fourth-order valence-corrected chi connectivity index (χ4v) is 2.59. The molecule has 1 N–H and O–H groups in total. The first kappa shape index (κ1) is 18.8. The van der Waals surface area contributed by atoms with E-state index >= 15 is 0 Å². The standard InChI is InChI=1S/C21H20FNO4/c22-16-8-6-14(7-9-16)18(24)12-13-19(25)27-20(15-4-2-1-3-5-15)21(26)23-17-10-11-17/h1-9,17,20H,10-13H2,(H,23,26)/t20-/m1/s1. The highest BCUT2D eigenvalue weighted by Crippen LogP contribution is 2.23. The minimum Gasteiger partial charge on any atom is -0.447 e. The number of ether oxygens (including phenoxy) is 1. The van der Waals surface area contributed by atoms with Crippen molar-refractivity contribution < 1.29 is 23.5 Å². The number of amides is 1. The Bertz CT molecular complexity index is 816. The van der Waals surface area contributed by atoms with Gasteiger partial charge in [0.15, 0.2) is 5.78 Å². The minimum absolute atomic E-state index is 0.0732. The molecule has 0 saturated heterocycles. The van der Waals surface area contributed by atoms with E-state index in [0.29, 0.717) is 11.1 Å². The molecule has 1 aliphatic carbocycles. The molecule has 2 aromatic rings. The molecule has 0 spiro atoms. The number of nitrogens with one attached hydrogen (secondary N) is 1. The number of hydrogen-bond acceptors (Lipinski definition) is 4. The summed E-state index contributed by atoms with van der Waals surface area (Å²) < 4.78 is 18.3. The topological polar surface area (TPSA) is 72.5 Å². The van der Waals surface area contributed by atoms with Crippen molar-refractivity contribution in [1.29, 1.82) is 0 Å². The number of esters is 1. The molecule has 0 aromatic heterocycles. The van der Waals surface area contributed by atoms with Crippen LogP contribution in [0.25, 0.3) is 0 Å². The Morgan fingerprint density at radius 1 is 1.00 bits per heavy atom. The number of carbonyl (C=O) groups is 3. The maximum atomic E-state index is 12.9. The molecule has 2 aromatic carbocycles. The van der Waals surface area contributed by atoms with E-state index in [4.69, 9.17) is 4.74 Å². The molecule has 5 nitrogen and oxygen atoms in total. The number of ketones is 1. The Morgan fingerprint density at radius 2 is 1.67 bits per heavy atom. The van der Waals surface area contributed by atoms with Gasteiger partial charge >= 0.3 is 5.97 Å². The van der Waals surface area contributed by atoms with Crippen LogP contribution in [-0.4, -0.2) is 23.7 Å². The summed E-state index contributed by atoms with van der Waals surface area (Å²) >= 11 is 0. The third-order valence-corrected chi connectivity index (χ3v) is 4.24. The van der Waals surface area contributed by atoms with E-state index in [1.807, 2.05) is 6.07 Å². The van der Waals surface area contributed by atoms with Crippen LogP contribution in [0, 0.1) is 5.82 Å². The maximum absolute atomic E-state index is 12.9. The van der Waals surface area contributed by atoms with Gasteiger partial charge in [0.25, 0.3) is 5.91 Å². The lowest BCUT2D eigenvalue weighted by Gasteiger charge is -2.18. The average Bonchev–Trinajstić information content (AvgIpc) is 3.49. The van der Waals surface area contributed by atoms with Gasteiger partial charge in [-0.05, 0) is 37.1 Å². The predicted molar refractivity (Wildman–Crippen MR) is 96.4 cm³/mol. The van der Waals surface area contributed by atoms with Gasteiger partial charge in [-0.15, -0.1) is 0 Å². The van der Waals surface area contributed by atoms with Crippen molar-refractivity contribution in [3.05, 3.63) is 71.5 Å². The molecule has 1 saturated carbocycles. The van der Waals surface area contributed by atoms with Crippen molar-refractivity contribution in [3.8, 4) is 0 Å². The molecule has 140 valence electrons. The van der Waals surface area contributed by atoms with E-state index in [9.17, 15) is 18.8 Å². The van der Waals surface area contributed by atoms with Crippen LogP contribution in [0.4, 0.5) is 4.39 Å². The monoisotopic (exact) mass is 369 g/mol. The summed E-state index contributed by atoms with van der Waals surface area (Å²) in [6.45, 7) is 0. The summed E-state index contributed by atoms with van der Waals surface area (Å²) in [7, 11) is 0. The molecule has 1 aliphatic rings. The van der Waals surface area contributed by atoms with E-state index in [-0.39, 0.29) is 30.6 Å². The summed E-state index contributed by atoms with van der Waals surface area (Å²) in [5.41, 5.74) is 0.907. The Morgan fingerprint density at radius 3 is 2.30 bits per heavy atom. The highest BCUT2D eigenvalue weighted by Gasteiger charge is 2.30. The SMILES string of the molecule is O=C(CCC(=O)c1ccc(F)cc1)O[C@@H](C(=O)NC1CC1)c1ccccc1. The third kappa shape index (κ3) is 5.48. The molecule has 0 heterocycles. The lowest BCUT2D eigenvalue weighted by Crippen LogP contribution is -2.33. The van der Waals surface area contributed by atoms with Crippen LogP contribution in [0.3, 0.4) is 0 Å². The van der Waals surface area contributed by atoms with Crippen molar-refractivity contribution in [3.63, 3.8) is 0 Å². The molecule has 6 heteroatoms. The van der Waals surface area contributed by atoms with Crippen LogP contribution in [0.15, 0.2) is 54.6 Å². The van der Waals surface area contributed by atoms with Crippen molar-refractivity contribution in [2.24, 2.45) is 0 Å². The second-order valence-corrected chi connectivity index (χ2v) is 6.49. The van der Waals surface area contributed by atoms with Gasteiger partial charge in [0, 0.05) is 23.6 Å². The Kier molecular flexibility index (Phi) is 5.96. The van der Waals surface area contributed by atoms with Crippen molar-refractivity contribution in [2.75, 3.05) is 0 Å². The third-order valence-electron chi connectivity index (χ3n) is 4.24. The molecule has 0 bridgehead atoms. The van der Waals surface area contributed by atoms with Gasteiger partial charge in [0.05, 0.1) is 6.42 Å². The zero-order valence-electron chi connectivity index (χ0n) is 14.7. The van der Waals surface area contributed by atoms with Crippen LogP contribution in [0.5, 0.6) is 0 Å². The minimum atomic E-state index is -1.04. The number of halogens is 1. The van der Waals surface area contributed by atoms with Gasteiger partial charge in [-0.2, -0.15) is 0 Å². The fourth-order valence-electron chi connectivity index (χ4n) is 2.59. The van der Waals surface area contributed by atoms with Gasteiger partial charge in [0.2, 0.25) is 6.10 Å². The van der Waals surface area contributed by atoms with Gasteiger partial charge in [-0.25, -0.2) is 4.39 Å². The van der Waals surface area contributed by atoms with E-state index in [1.54, 1.807) is 24.3 Å². The summed E-state index contributed by atoms with van der Waals surface area (Å²) in [6.07, 6.45) is 0.577. The number of benzene rings is 2. The van der Waals surface area contributed by atoms with Crippen LogP contribution in [-0.2, 0) is 14.3 Å². The van der Waals surface area contributed by atoms with Crippen LogP contribution in [0.2, 0.25) is 0 Å². The van der Waals surface area contributed by atoms with Crippen LogP contribution in [0.1, 0.15) is 47.7 Å². The molecule has 1 fully saturated rings. The average molecular weight is 369 g/mol. The van der Waals surface area contributed by atoms with Crippen LogP contribution < -0.4 is 5.32 Å². The molecule has 1 amide bonds. The number of carbonyl (C=O) groups excluding carboxylic acids is 3. The van der Waals surface area contributed by atoms with Crippen molar-refractivity contribution in [1.82, 2.24) is 5.32 Å². The molecule has 1 atom stereocenters. The first-order chi connectivity index (χ1) is 13.0. The zero-order chi connectivity index (χ0) is 19.2. The second kappa shape index (κ2) is 8.58. The molecular weight excluding hydrogens is 349 g/mol. The lowest BCUT2D eigenvalue weighted by atomic mass is 10.1. The molecular formula is C21H20FNO4. The number of hydrogen-bond donors (Lipinski definition) is 1. The second-order valence-electron chi connectivity index (χ2n) is 6.49. The van der Waals surface area contributed by atoms with Crippen molar-refractivity contribution in [2.45, 2.75) is 37.8 Å². The van der Waals surface area contributed by atoms with Gasteiger partial charge in [-0.3, -0.25) is 14.4 Å². The molecule has 0 radical (unpaired) electrons. The molecule has 3 rings (SSSR count). The van der Waals surface area contributed by atoms with E-state index in [0.717, 1.165) is 12.8 Å².